The summed E-state index contributed by atoms with van der Waals surface area (Å²) in [6, 6.07) is 2.16. The number of nitrogens with one attached hydrogen (secondary N) is 1. The van der Waals surface area contributed by atoms with Gasteiger partial charge in [0.1, 0.15) is 0 Å². The minimum absolute atomic E-state index is 0.104. The molecule has 0 saturated carbocycles. The molecule has 7 heteroatoms. The number of ether oxygens (including phenoxy) is 1. The molecule has 19 heavy (non-hydrogen) atoms. The van der Waals surface area contributed by atoms with Crippen LogP contribution < -0.4 is 10.1 Å². The van der Waals surface area contributed by atoms with E-state index >= 15 is 0 Å². The summed E-state index contributed by atoms with van der Waals surface area (Å²) in [5, 5.41) is 3.19. The van der Waals surface area contributed by atoms with Crippen LogP contribution in [0, 0.1) is 6.92 Å². The third-order valence-electron chi connectivity index (χ3n) is 2.43. The van der Waals surface area contributed by atoms with Crippen LogP contribution in [0.25, 0.3) is 0 Å². The molecule has 0 spiro atoms. The second-order valence-corrected chi connectivity index (χ2v) is 4.14. The molecule has 0 radical (unpaired) electrons. The van der Waals surface area contributed by atoms with Gasteiger partial charge >= 0.3 is 6.01 Å². The fourth-order valence-electron chi connectivity index (χ4n) is 1.48. The van der Waals surface area contributed by atoms with Crippen LogP contribution in [0.15, 0.2) is 18.5 Å². The lowest BCUT2D eigenvalue weighted by Crippen LogP contribution is -2.08. The van der Waals surface area contributed by atoms with Gasteiger partial charge in [0.25, 0.3) is 0 Å². The lowest BCUT2D eigenvalue weighted by atomic mass is 10.1. The van der Waals surface area contributed by atoms with E-state index in [0.717, 1.165) is 11.1 Å². The summed E-state index contributed by atoms with van der Waals surface area (Å²) in [5.41, 5.74) is 2.21. The summed E-state index contributed by atoms with van der Waals surface area (Å²) in [4.78, 5) is 16.0. The highest BCUT2D eigenvalue weighted by molar-refractivity contribution is 6.28. The predicted molar refractivity (Wildman–Crippen MR) is 72.3 cm³/mol. The van der Waals surface area contributed by atoms with Crippen molar-refractivity contribution >= 4 is 17.5 Å². The average Bonchev–Trinajstić information content (AvgIpc) is 2.37. The van der Waals surface area contributed by atoms with Crippen LogP contribution in [0.5, 0.6) is 6.01 Å². The van der Waals surface area contributed by atoms with Gasteiger partial charge in [-0.25, -0.2) is 0 Å². The first-order chi connectivity index (χ1) is 9.19. The Labute approximate surface area is 116 Å². The summed E-state index contributed by atoms with van der Waals surface area (Å²) in [7, 11) is 0. The fraction of sp³-hybridized carbons (Fsp3) is 0.333. The SMILES string of the molecule is CCOc1nc(Cl)nc(NCc2ccncc2C)n1. The monoisotopic (exact) mass is 279 g/mol. The highest BCUT2D eigenvalue weighted by atomic mass is 35.5. The molecule has 0 amide bonds. The molecule has 2 heterocycles. The summed E-state index contributed by atoms with van der Waals surface area (Å²) in [5.74, 6) is 0.389. The molecule has 0 atom stereocenters. The van der Waals surface area contributed by atoms with E-state index in [-0.39, 0.29) is 11.3 Å². The van der Waals surface area contributed by atoms with Gasteiger partial charge < -0.3 is 10.1 Å². The molecule has 1 N–H and O–H groups in total. The van der Waals surface area contributed by atoms with Gasteiger partial charge in [0.05, 0.1) is 6.61 Å². The number of rotatable bonds is 5. The molecule has 0 aromatic carbocycles. The van der Waals surface area contributed by atoms with E-state index in [1.807, 2.05) is 26.1 Å². The first kappa shape index (κ1) is 13.5. The van der Waals surface area contributed by atoms with E-state index < -0.39 is 0 Å². The van der Waals surface area contributed by atoms with E-state index in [1.165, 1.54) is 0 Å². The number of pyridine rings is 1. The highest BCUT2D eigenvalue weighted by Crippen LogP contribution is 2.13. The third kappa shape index (κ3) is 3.75. The van der Waals surface area contributed by atoms with Gasteiger partial charge in [0.2, 0.25) is 11.2 Å². The van der Waals surface area contributed by atoms with Gasteiger partial charge in [-0.2, -0.15) is 15.0 Å². The zero-order valence-electron chi connectivity index (χ0n) is 10.7. The van der Waals surface area contributed by atoms with E-state index in [4.69, 9.17) is 16.3 Å². The van der Waals surface area contributed by atoms with Gasteiger partial charge in [0.15, 0.2) is 0 Å². The molecule has 0 aliphatic heterocycles. The Kier molecular flexibility index (Phi) is 4.46. The van der Waals surface area contributed by atoms with Gasteiger partial charge in [-0.05, 0) is 42.6 Å². The number of anilines is 1. The zero-order valence-corrected chi connectivity index (χ0v) is 11.5. The molecule has 0 fully saturated rings. The topological polar surface area (TPSA) is 72.8 Å². The van der Waals surface area contributed by atoms with Crippen molar-refractivity contribution in [1.29, 1.82) is 0 Å². The van der Waals surface area contributed by atoms with Gasteiger partial charge in [-0.15, -0.1) is 0 Å². The number of halogens is 1. The average molecular weight is 280 g/mol. The second kappa shape index (κ2) is 6.29. The van der Waals surface area contributed by atoms with Gasteiger partial charge in [-0.1, -0.05) is 0 Å². The van der Waals surface area contributed by atoms with Crippen LogP contribution in [0.2, 0.25) is 5.28 Å². The Balaban J connectivity index is 2.09. The number of nitrogens with zero attached hydrogens (tertiary/aromatic N) is 4. The summed E-state index contributed by atoms with van der Waals surface area (Å²) in [6.07, 6.45) is 3.55. The van der Waals surface area contributed by atoms with Crippen molar-refractivity contribution in [2.24, 2.45) is 0 Å². The van der Waals surface area contributed by atoms with Crippen LogP contribution in [0.3, 0.4) is 0 Å². The van der Waals surface area contributed by atoms with E-state index in [2.05, 4.69) is 25.3 Å². The van der Waals surface area contributed by atoms with Crippen LogP contribution in [0.1, 0.15) is 18.1 Å². The van der Waals surface area contributed by atoms with Crippen molar-refractivity contribution in [2.45, 2.75) is 20.4 Å². The van der Waals surface area contributed by atoms with E-state index in [0.29, 0.717) is 19.1 Å². The Bertz CT molecular complexity index is 564. The molecule has 6 nitrogen and oxygen atoms in total. The van der Waals surface area contributed by atoms with E-state index in [1.54, 1.807) is 6.20 Å². The van der Waals surface area contributed by atoms with Crippen molar-refractivity contribution in [3.05, 3.63) is 34.9 Å². The van der Waals surface area contributed by atoms with Crippen LogP contribution >= 0.6 is 11.6 Å². The Hall–Kier alpha value is -1.95. The number of hydrogen-bond acceptors (Lipinski definition) is 6. The predicted octanol–water partition coefficient (Wildman–Crippen LogP) is 2.24. The smallest absolute Gasteiger partial charge is 0.322 e. The third-order valence-corrected chi connectivity index (χ3v) is 2.60. The maximum atomic E-state index is 5.81. The Morgan fingerprint density at radius 3 is 2.89 bits per heavy atom. The first-order valence-corrected chi connectivity index (χ1v) is 6.24. The number of aromatic nitrogens is 4. The number of hydrogen-bond donors (Lipinski definition) is 1. The normalized spacial score (nSPS) is 10.3. The largest absolute Gasteiger partial charge is 0.464 e. The van der Waals surface area contributed by atoms with Crippen molar-refractivity contribution < 1.29 is 4.74 Å². The van der Waals surface area contributed by atoms with Crippen molar-refractivity contribution in [3.63, 3.8) is 0 Å². The molecule has 2 aromatic rings. The summed E-state index contributed by atoms with van der Waals surface area (Å²) in [6.45, 7) is 4.91. The Morgan fingerprint density at radius 2 is 2.16 bits per heavy atom. The molecular weight excluding hydrogens is 266 g/mol. The molecule has 0 unspecified atom stereocenters. The quantitative estimate of drug-likeness (QED) is 0.905. The molecule has 0 aliphatic rings. The Morgan fingerprint density at radius 1 is 1.32 bits per heavy atom. The molecule has 2 aromatic heterocycles. The van der Waals surface area contributed by atoms with Crippen molar-refractivity contribution in [1.82, 2.24) is 19.9 Å². The highest BCUT2D eigenvalue weighted by Gasteiger charge is 2.06. The minimum Gasteiger partial charge on any atom is -0.464 e. The molecule has 0 aliphatic carbocycles. The molecular formula is C12H14ClN5O. The maximum absolute atomic E-state index is 5.81. The van der Waals surface area contributed by atoms with Crippen molar-refractivity contribution in [3.8, 4) is 6.01 Å². The van der Waals surface area contributed by atoms with Crippen LogP contribution in [-0.4, -0.2) is 26.5 Å². The van der Waals surface area contributed by atoms with E-state index in [9.17, 15) is 0 Å². The van der Waals surface area contributed by atoms with Crippen LogP contribution in [-0.2, 0) is 6.54 Å². The molecule has 2 rings (SSSR count). The second-order valence-electron chi connectivity index (χ2n) is 3.80. The molecule has 0 bridgehead atoms. The zero-order chi connectivity index (χ0) is 13.7. The lowest BCUT2D eigenvalue weighted by molar-refractivity contribution is 0.312. The van der Waals surface area contributed by atoms with Crippen LogP contribution in [0.4, 0.5) is 5.95 Å². The summed E-state index contributed by atoms with van der Waals surface area (Å²) >= 11 is 5.81. The summed E-state index contributed by atoms with van der Waals surface area (Å²) < 4.78 is 5.21. The molecule has 0 saturated heterocycles. The standard InChI is InChI=1S/C12H14ClN5O/c1-3-19-12-17-10(13)16-11(18-12)15-7-9-4-5-14-6-8(9)2/h4-6H,3,7H2,1-2H3,(H,15,16,17,18). The fourth-order valence-corrected chi connectivity index (χ4v) is 1.63. The number of aryl methyl sites for hydroxylation is 1. The molecule has 100 valence electrons. The maximum Gasteiger partial charge on any atom is 0.322 e. The van der Waals surface area contributed by atoms with Gasteiger partial charge in [0, 0.05) is 18.9 Å². The first-order valence-electron chi connectivity index (χ1n) is 5.86. The van der Waals surface area contributed by atoms with Crippen molar-refractivity contribution in [2.75, 3.05) is 11.9 Å². The van der Waals surface area contributed by atoms with Gasteiger partial charge in [-0.3, -0.25) is 4.98 Å². The lowest BCUT2D eigenvalue weighted by Gasteiger charge is -2.08. The minimum atomic E-state index is 0.104.